The third-order valence-electron chi connectivity index (χ3n) is 11.5. The quantitative estimate of drug-likeness (QED) is 0.164. The summed E-state index contributed by atoms with van der Waals surface area (Å²) >= 11 is 0. The highest BCUT2D eigenvalue weighted by Crippen LogP contribution is 2.65. The summed E-state index contributed by atoms with van der Waals surface area (Å²) in [6, 6.07) is 72.9. The molecule has 0 amide bonds. The maximum atomic E-state index is 6.59. The first-order valence-corrected chi connectivity index (χ1v) is 20.4. The van der Waals surface area contributed by atoms with Gasteiger partial charge in [0, 0.05) is 27.5 Å². The second kappa shape index (κ2) is 12.3. The van der Waals surface area contributed by atoms with Crippen LogP contribution in [0.25, 0.3) is 77.2 Å². The first-order valence-electron chi connectivity index (χ1n) is 19.1. The molecule has 0 saturated heterocycles. The van der Waals surface area contributed by atoms with Gasteiger partial charge in [0.25, 0.3) is 0 Å². The Labute approximate surface area is 326 Å². The lowest BCUT2D eigenvalue weighted by atomic mass is 9.91. The minimum Gasteiger partial charge on any atom is -0.456 e. The maximum absolute atomic E-state index is 6.59. The number of para-hydroxylation sites is 2. The van der Waals surface area contributed by atoms with Crippen molar-refractivity contribution >= 4 is 69.0 Å². The molecule has 10 aromatic rings. The SMILES string of the molecule is c1ccc(N2c3ccc(-c4ccc5oc6cccc(-c7ccc8c9c(cccc79)-c7ccccc7-8)c6c5c4)cc3N(c3ccccc3)P2c2ccccc2)cc1. The Morgan fingerprint density at radius 2 is 0.893 bits per heavy atom. The van der Waals surface area contributed by atoms with E-state index in [1.54, 1.807) is 0 Å². The maximum Gasteiger partial charge on any atom is 0.138 e. The van der Waals surface area contributed by atoms with Gasteiger partial charge in [0.15, 0.2) is 0 Å². The van der Waals surface area contributed by atoms with Gasteiger partial charge in [-0.15, -0.1) is 0 Å². The molecule has 9 aromatic carbocycles. The van der Waals surface area contributed by atoms with Gasteiger partial charge in [0.1, 0.15) is 19.4 Å². The Morgan fingerprint density at radius 1 is 0.339 bits per heavy atom. The molecule has 2 heterocycles. The molecule has 1 aromatic heterocycles. The zero-order chi connectivity index (χ0) is 36.7. The number of rotatable bonds is 5. The van der Waals surface area contributed by atoms with Crippen LogP contribution in [0.15, 0.2) is 205 Å². The molecule has 1 aliphatic carbocycles. The Kier molecular flexibility index (Phi) is 6.90. The molecule has 0 radical (unpaired) electrons. The molecule has 4 heteroatoms. The number of hydrogen-bond donors (Lipinski definition) is 0. The van der Waals surface area contributed by atoms with Crippen LogP contribution < -0.4 is 14.6 Å². The number of fused-ring (bicyclic) bond motifs is 7. The normalized spacial score (nSPS) is 14.2. The second-order valence-electron chi connectivity index (χ2n) is 14.5. The number of anilines is 4. The summed E-state index contributed by atoms with van der Waals surface area (Å²) in [7, 11) is -0.981. The molecule has 0 saturated carbocycles. The van der Waals surface area contributed by atoms with E-state index in [2.05, 4.69) is 210 Å². The Bertz CT molecular complexity index is 3130. The lowest BCUT2D eigenvalue weighted by Crippen LogP contribution is -2.21. The smallest absolute Gasteiger partial charge is 0.138 e. The van der Waals surface area contributed by atoms with Gasteiger partial charge in [0.05, 0.1) is 11.4 Å². The first-order chi connectivity index (χ1) is 27.8. The van der Waals surface area contributed by atoms with E-state index in [1.807, 2.05) is 0 Å². The highest BCUT2D eigenvalue weighted by molar-refractivity contribution is 7.70. The van der Waals surface area contributed by atoms with Gasteiger partial charge in [-0.25, -0.2) is 0 Å². The van der Waals surface area contributed by atoms with E-state index < -0.39 is 8.22 Å². The van der Waals surface area contributed by atoms with E-state index >= 15 is 0 Å². The third-order valence-corrected chi connectivity index (χ3v) is 13.9. The van der Waals surface area contributed by atoms with Gasteiger partial charge in [-0.05, 0) is 110 Å². The van der Waals surface area contributed by atoms with Crippen molar-refractivity contribution in [3.8, 4) is 44.5 Å². The highest BCUT2D eigenvalue weighted by atomic mass is 31.1. The first kappa shape index (κ1) is 31.4. The number of benzene rings is 9. The Morgan fingerprint density at radius 3 is 1.62 bits per heavy atom. The molecule has 0 bridgehead atoms. The van der Waals surface area contributed by atoms with Crippen LogP contribution in [0.1, 0.15) is 0 Å². The predicted molar refractivity (Wildman–Crippen MR) is 237 cm³/mol. The molecule has 56 heavy (non-hydrogen) atoms. The number of furan rings is 1. The van der Waals surface area contributed by atoms with Gasteiger partial charge in [-0.1, -0.05) is 146 Å². The summed E-state index contributed by atoms with van der Waals surface area (Å²) in [4.78, 5) is 0. The summed E-state index contributed by atoms with van der Waals surface area (Å²) in [6.45, 7) is 0. The fraction of sp³-hybridized carbons (Fsp3) is 0. The molecule has 2 aliphatic rings. The van der Waals surface area contributed by atoms with Crippen molar-refractivity contribution in [1.82, 2.24) is 0 Å². The van der Waals surface area contributed by atoms with E-state index in [4.69, 9.17) is 4.42 Å². The van der Waals surface area contributed by atoms with Crippen LogP contribution in [0.3, 0.4) is 0 Å². The zero-order valence-electron chi connectivity index (χ0n) is 30.3. The van der Waals surface area contributed by atoms with Gasteiger partial charge < -0.3 is 4.42 Å². The van der Waals surface area contributed by atoms with E-state index in [-0.39, 0.29) is 0 Å². The lowest BCUT2D eigenvalue weighted by Gasteiger charge is -2.32. The Balaban J connectivity index is 1.04. The average molecular weight is 733 g/mol. The topological polar surface area (TPSA) is 19.6 Å². The van der Waals surface area contributed by atoms with Crippen molar-refractivity contribution in [3.05, 3.63) is 200 Å². The predicted octanol–water partition coefficient (Wildman–Crippen LogP) is 14.6. The van der Waals surface area contributed by atoms with Gasteiger partial charge in [0.2, 0.25) is 0 Å². The molecular weight excluding hydrogens is 700 g/mol. The fourth-order valence-corrected chi connectivity index (χ4v) is 11.6. The monoisotopic (exact) mass is 732 g/mol. The van der Waals surface area contributed by atoms with Crippen molar-refractivity contribution in [2.75, 3.05) is 9.34 Å². The molecule has 262 valence electrons. The lowest BCUT2D eigenvalue weighted by molar-refractivity contribution is 0.669. The molecule has 3 nitrogen and oxygen atoms in total. The standard InChI is InChI=1S/C52H33N2OP/c1-4-14-36(15-5-1)53-47-30-26-35(33-48(47)54(37-16-6-2-7-17-37)56(53)38-18-8-3-9-19-38)34-27-31-49-46(32-34)52-44(24-13-25-50(52)55-49)41-28-29-45-40-21-11-10-20-39(40)42-22-12-23-43(41)51(42)45/h1-33H. The van der Waals surface area contributed by atoms with E-state index in [0.717, 1.165) is 27.5 Å². The van der Waals surface area contributed by atoms with Crippen LogP contribution >= 0.6 is 8.22 Å². The molecule has 1 unspecified atom stereocenters. The molecular formula is C52H33N2OP. The molecule has 0 N–H and O–H groups in total. The van der Waals surface area contributed by atoms with Crippen molar-refractivity contribution in [3.63, 3.8) is 0 Å². The van der Waals surface area contributed by atoms with Gasteiger partial charge in [-0.3, -0.25) is 9.34 Å². The summed E-state index contributed by atoms with van der Waals surface area (Å²) in [6.07, 6.45) is 0. The summed E-state index contributed by atoms with van der Waals surface area (Å²) in [5.41, 5.74) is 16.5. The van der Waals surface area contributed by atoms with E-state index in [9.17, 15) is 0 Å². The van der Waals surface area contributed by atoms with E-state index in [0.29, 0.717) is 0 Å². The Hall–Kier alpha value is -6.93. The van der Waals surface area contributed by atoms with E-state index in [1.165, 1.54) is 77.8 Å². The van der Waals surface area contributed by atoms with Crippen LogP contribution in [-0.4, -0.2) is 0 Å². The molecule has 0 spiro atoms. The van der Waals surface area contributed by atoms with Gasteiger partial charge >= 0.3 is 0 Å². The highest BCUT2D eigenvalue weighted by Gasteiger charge is 2.40. The molecule has 1 aliphatic heterocycles. The minimum atomic E-state index is -0.981. The van der Waals surface area contributed by atoms with Crippen LogP contribution in [0, 0.1) is 0 Å². The number of hydrogen-bond acceptors (Lipinski definition) is 3. The minimum absolute atomic E-state index is 0.893. The molecule has 1 atom stereocenters. The van der Waals surface area contributed by atoms with Crippen LogP contribution in [0.5, 0.6) is 0 Å². The third kappa shape index (κ3) is 4.62. The van der Waals surface area contributed by atoms with Crippen molar-refractivity contribution < 1.29 is 4.42 Å². The van der Waals surface area contributed by atoms with Gasteiger partial charge in [-0.2, -0.15) is 0 Å². The largest absolute Gasteiger partial charge is 0.456 e. The number of nitrogens with zero attached hydrogens (tertiary/aromatic N) is 2. The zero-order valence-corrected chi connectivity index (χ0v) is 31.2. The molecule has 12 rings (SSSR count). The van der Waals surface area contributed by atoms with Crippen LogP contribution in [0.2, 0.25) is 0 Å². The molecule has 0 fully saturated rings. The van der Waals surface area contributed by atoms with Crippen LogP contribution in [0.4, 0.5) is 22.7 Å². The van der Waals surface area contributed by atoms with Crippen molar-refractivity contribution in [2.45, 2.75) is 0 Å². The fourth-order valence-electron chi connectivity index (χ4n) is 9.05. The summed E-state index contributed by atoms with van der Waals surface area (Å²) in [5, 5.41) is 6.16. The van der Waals surface area contributed by atoms with Crippen molar-refractivity contribution in [2.24, 2.45) is 0 Å². The summed E-state index contributed by atoms with van der Waals surface area (Å²) < 4.78 is 11.7. The van der Waals surface area contributed by atoms with Crippen LogP contribution in [-0.2, 0) is 0 Å². The summed E-state index contributed by atoms with van der Waals surface area (Å²) in [5.74, 6) is 0. The van der Waals surface area contributed by atoms with Crippen molar-refractivity contribution in [1.29, 1.82) is 0 Å². The second-order valence-corrected chi connectivity index (χ2v) is 16.4. The average Bonchev–Trinajstić information content (AvgIpc) is 3.93.